The van der Waals surface area contributed by atoms with E-state index in [0.29, 0.717) is 5.16 Å². The van der Waals surface area contributed by atoms with Crippen LogP contribution in [0.4, 0.5) is 0 Å². The third kappa shape index (κ3) is 18.3. The van der Waals surface area contributed by atoms with Gasteiger partial charge in [-0.25, -0.2) is 0 Å². The Morgan fingerprint density at radius 3 is 1.49 bits per heavy atom. The van der Waals surface area contributed by atoms with Crippen molar-refractivity contribution < 1.29 is 18.9 Å². The van der Waals surface area contributed by atoms with Crippen molar-refractivity contribution in [1.82, 2.24) is 0 Å². The number of hydrogen-bond acceptors (Lipinski definition) is 4. The van der Waals surface area contributed by atoms with Crippen LogP contribution in [0.15, 0.2) is 0 Å². The van der Waals surface area contributed by atoms with Crippen molar-refractivity contribution in [2.75, 3.05) is 67.2 Å². The van der Waals surface area contributed by atoms with Crippen LogP contribution in [0.5, 0.6) is 0 Å². The molecule has 0 saturated heterocycles. The van der Waals surface area contributed by atoms with Crippen molar-refractivity contribution >= 4 is 7.92 Å². The lowest BCUT2D eigenvalue weighted by Crippen LogP contribution is -2.39. The SMILES string of the molecule is CCCCCCCCP(CCCOC)C(CCCOC)(CCCOC)C(CCCCCC)CCCOC. The molecule has 4 nitrogen and oxygen atoms in total. The molecule has 0 fully saturated rings. The highest BCUT2D eigenvalue weighted by molar-refractivity contribution is 7.59. The van der Waals surface area contributed by atoms with Gasteiger partial charge in [0.1, 0.15) is 0 Å². The summed E-state index contributed by atoms with van der Waals surface area (Å²) in [6.45, 7) is 8.18. The average molecular weight is 547 g/mol. The van der Waals surface area contributed by atoms with E-state index in [2.05, 4.69) is 13.8 Å². The molecule has 0 saturated carbocycles. The van der Waals surface area contributed by atoms with Crippen LogP contribution in [0.25, 0.3) is 0 Å². The molecule has 0 aliphatic carbocycles. The van der Waals surface area contributed by atoms with E-state index < -0.39 is 0 Å². The molecule has 0 aromatic carbocycles. The van der Waals surface area contributed by atoms with Gasteiger partial charge in [-0.1, -0.05) is 79.6 Å². The summed E-state index contributed by atoms with van der Waals surface area (Å²) in [7, 11) is 7.36. The van der Waals surface area contributed by atoms with E-state index in [0.717, 1.165) is 32.3 Å². The molecule has 0 N–H and O–H groups in total. The summed E-state index contributed by atoms with van der Waals surface area (Å²) < 4.78 is 22.3. The van der Waals surface area contributed by atoms with E-state index in [9.17, 15) is 0 Å². The summed E-state index contributed by atoms with van der Waals surface area (Å²) >= 11 is 0. The molecule has 0 aromatic heterocycles. The van der Waals surface area contributed by atoms with Gasteiger partial charge >= 0.3 is 0 Å². The highest BCUT2D eigenvalue weighted by Crippen LogP contribution is 2.61. The van der Waals surface area contributed by atoms with Gasteiger partial charge in [0.2, 0.25) is 0 Å². The lowest BCUT2D eigenvalue weighted by atomic mass is 9.78. The first-order valence-corrected chi connectivity index (χ1v) is 17.6. The number of hydrogen-bond donors (Lipinski definition) is 0. The largest absolute Gasteiger partial charge is 0.385 e. The molecule has 0 aliphatic heterocycles. The minimum absolute atomic E-state index is 0.0942. The third-order valence-electron chi connectivity index (χ3n) is 8.17. The second kappa shape index (κ2) is 27.8. The molecule has 5 heteroatoms. The van der Waals surface area contributed by atoms with Crippen LogP contribution in [0.3, 0.4) is 0 Å². The maximum absolute atomic E-state index is 5.61. The molecule has 0 heterocycles. The third-order valence-corrected chi connectivity index (χ3v) is 12.0. The second-order valence-electron chi connectivity index (χ2n) is 11.1. The molecule has 37 heavy (non-hydrogen) atoms. The van der Waals surface area contributed by atoms with Gasteiger partial charge in [0.05, 0.1) is 0 Å². The van der Waals surface area contributed by atoms with Crippen molar-refractivity contribution in [3.8, 4) is 0 Å². The Kier molecular flexibility index (Phi) is 28.0. The molecule has 0 bridgehead atoms. The molecule has 2 atom stereocenters. The van der Waals surface area contributed by atoms with Crippen LogP contribution in [0, 0.1) is 5.92 Å². The normalized spacial score (nSPS) is 13.8. The molecular formula is C32H67O4P. The van der Waals surface area contributed by atoms with E-state index in [-0.39, 0.29) is 7.92 Å². The highest BCUT2D eigenvalue weighted by atomic mass is 31.1. The van der Waals surface area contributed by atoms with E-state index >= 15 is 0 Å². The maximum atomic E-state index is 5.61. The quantitative estimate of drug-likeness (QED) is 0.0664. The monoisotopic (exact) mass is 546 g/mol. The Balaban J connectivity index is 6.03. The van der Waals surface area contributed by atoms with Crippen LogP contribution >= 0.6 is 7.92 Å². The van der Waals surface area contributed by atoms with Gasteiger partial charge < -0.3 is 18.9 Å². The summed E-state index contributed by atoms with van der Waals surface area (Å²) in [4.78, 5) is 0. The first-order valence-electron chi connectivity index (χ1n) is 15.9. The minimum atomic E-state index is -0.0942. The lowest BCUT2D eigenvalue weighted by molar-refractivity contribution is 0.153. The van der Waals surface area contributed by atoms with Crippen LogP contribution in [-0.2, 0) is 18.9 Å². The molecular weight excluding hydrogens is 479 g/mol. The summed E-state index contributed by atoms with van der Waals surface area (Å²) in [5, 5.41) is 0.420. The van der Waals surface area contributed by atoms with Crippen molar-refractivity contribution in [1.29, 1.82) is 0 Å². The zero-order valence-corrected chi connectivity index (χ0v) is 27.0. The second-order valence-corrected chi connectivity index (χ2v) is 13.9. The van der Waals surface area contributed by atoms with Crippen molar-refractivity contribution in [2.24, 2.45) is 5.92 Å². The predicted molar refractivity (Wildman–Crippen MR) is 165 cm³/mol. The van der Waals surface area contributed by atoms with Crippen molar-refractivity contribution in [2.45, 2.75) is 135 Å². The van der Waals surface area contributed by atoms with E-state index in [1.54, 1.807) is 0 Å². The van der Waals surface area contributed by atoms with E-state index in [4.69, 9.17) is 18.9 Å². The number of unbranched alkanes of at least 4 members (excludes halogenated alkanes) is 8. The van der Waals surface area contributed by atoms with Crippen LogP contribution in [0.2, 0.25) is 0 Å². The number of rotatable bonds is 30. The number of ether oxygens (including phenoxy) is 4. The molecule has 2 unspecified atom stereocenters. The van der Waals surface area contributed by atoms with E-state index in [1.165, 1.54) is 128 Å². The summed E-state index contributed by atoms with van der Waals surface area (Å²) in [6.07, 6.45) is 26.6. The highest BCUT2D eigenvalue weighted by Gasteiger charge is 2.42. The van der Waals surface area contributed by atoms with Gasteiger partial charge in [-0.3, -0.25) is 0 Å². The van der Waals surface area contributed by atoms with Crippen LogP contribution in [0.1, 0.15) is 129 Å². The lowest BCUT2D eigenvalue weighted by Gasteiger charge is -2.49. The standard InChI is InChI=1S/C32H67O4P/c1-7-9-11-13-14-16-29-37(30-20-28-36-6)32(23-18-26-34-4,24-19-27-35-5)31(22-17-25-33-3)21-15-12-10-8-2/h31H,7-30H2,1-6H3. The van der Waals surface area contributed by atoms with E-state index in [1.807, 2.05) is 28.4 Å². The van der Waals surface area contributed by atoms with Gasteiger partial charge in [-0.2, -0.15) is 0 Å². The molecule has 0 spiro atoms. The predicted octanol–water partition coefficient (Wildman–Crippen LogP) is 9.47. The Bertz CT molecular complexity index is 439. The molecule has 0 aliphatic rings. The summed E-state index contributed by atoms with van der Waals surface area (Å²) in [5.74, 6) is 0.780. The Hall–Kier alpha value is 0.270. The fourth-order valence-corrected chi connectivity index (χ4v) is 10.1. The van der Waals surface area contributed by atoms with Gasteiger partial charge in [-0.15, -0.1) is 0 Å². The fraction of sp³-hybridized carbons (Fsp3) is 1.00. The Morgan fingerprint density at radius 1 is 0.486 bits per heavy atom. The fourth-order valence-electron chi connectivity index (χ4n) is 6.17. The molecule has 0 amide bonds. The molecule has 0 radical (unpaired) electrons. The zero-order valence-electron chi connectivity index (χ0n) is 26.1. The minimum Gasteiger partial charge on any atom is -0.385 e. The molecule has 0 aromatic rings. The molecule has 0 rings (SSSR count). The van der Waals surface area contributed by atoms with Crippen molar-refractivity contribution in [3.63, 3.8) is 0 Å². The molecule has 224 valence electrons. The van der Waals surface area contributed by atoms with Crippen LogP contribution in [-0.4, -0.2) is 72.3 Å². The smallest absolute Gasteiger partial charge is 0.0465 e. The summed E-state index contributed by atoms with van der Waals surface area (Å²) in [6, 6.07) is 0. The van der Waals surface area contributed by atoms with Gasteiger partial charge in [-0.05, 0) is 81.2 Å². The Labute approximate surface area is 234 Å². The average Bonchev–Trinajstić information content (AvgIpc) is 2.90. The van der Waals surface area contributed by atoms with Gasteiger partial charge in [0.25, 0.3) is 0 Å². The summed E-state index contributed by atoms with van der Waals surface area (Å²) in [5.41, 5.74) is 0. The van der Waals surface area contributed by atoms with Crippen molar-refractivity contribution in [3.05, 3.63) is 0 Å². The van der Waals surface area contributed by atoms with Gasteiger partial charge in [0, 0.05) is 54.9 Å². The van der Waals surface area contributed by atoms with Gasteiger partial charge in [0.15, 0.2) is 0 Å². The first-order chi connectivity index (χ1) is 18.2. The Morgan fingerprint density at radius 2 is 0.919 bits per heavy atom. The van der Waals surface area contributed by atoms with Crippen LogP contribution < -0.4 is 0 Å². The zero-order chi connectivity index (χ0) is 27.5. The number of methoxy groups -OCH3 is 4. The topological polar surface area (TPSA) is 36.9 Å². The maximum Gasteiger partial charge on any atom is 0.0465 e. The first kappa shape index (κ1) is 37.3.